The van der Waals surface area contributed by atoms with Crippen LogP contribution in [0, 0.1) is 0 Å². The van der Waals surface area contributed by atoms with E-state index in [-0.39, 0.29) is 18.8 Å². The lowest BCUT2D eigenvalue weighted by Gasteiger charge is -2.46. The highest BCUT2D eigenvalue weighted by Crippen LogP contribution is 2.73. The van der Waals surface area contributed by atoms with Crippen molar-refractivity contribution in [1.82, 2.24) is 0 Å². The number of anilines is 12. The van der Waals surface area contributed by atoms with Gasteiger partial charge in [-0.25, -0.2) is 0 Å². The van der Waals surface area contributed by atoms with Gasteiger partial charge in [0.05, 0.1) is 44.4 Å². The van der Waals surface area contributed by atoms with Crippen molar-refractivity contribution in [2.24, 2.45) is 0 Å². The molecular weight excluding hydrogens is 1810 g/mol. The molecule has 0 N–H and O–H groups in total. The number of benzene rings is 22. The number of nitrogens with zero attached hydrogens (tertiary/aromatic N) is 4. The molecule has 22 aromatic rings. The van der Waals surface area contributed by atoms with Crippen LogP contribution in [0.2, 0.25) is 0 Å². The van der Waals surface area contributed by atoms with Crippen LogP contribution in [-0.4, -0.2) is 13.4 Å². The van der Waals surface area contributed by atoms with Crippen LogP contribution in [0.3, 0.4) is 0 Å². The molecule has 0 amide bonds. The van der Waals surface area contributed by atoms with Crippen molar-refractivity contribution in [2.75, 3.05) is 19.6 Å². The predicted octanol–water partition coefficient (Wildman–Crippen LogP) is 31.0. The lowest BCUT2D eigenvalue weighted by atomic mass is 9.33. The summed E-state index contributed by atoms with van der Waals surface area (Å²) in [6, 6.07) is 188. The molecule has 698 valence electrons. The van der Waals surface area contributed by atoms with Gasteiger partial charge in [-0.1, -0.05) is 441 Å². The average molecular weight is 1900 g/mol. The molecule has 6 heteroatoms. The topological polar surface area (TPSA) is 13.0 Å². The molecule has 0 aromatic heterocycles. The maximum atomic E-state index is 2.75. The van der Waals surface area contributed by atoms with Crippen molar-refractivity contribution in [2.45, 2.75) is 73.5 Å². The monoisotopic (exact) mass is 1900 g/mol. The van der Waals surface area contributed by atoms with Crippen LogP contribution in [0.1, 0.15) is 140 Å². The third-order valence-corrected chi connectivity index (χ3v) is 37.2. The summed E-state index contributed by atoms with van der Waals surface area (Å²) in [4.78, 5) is 10.9. The molecule has 34 rings (SSSR count). The zero-order valence-corrected chi connectivity index (χ0v) is 83.8. The SMILES string of the molecule is CC(C)(C)c1ccc2c(c1)B1c3cc(C(C)(C)Cc4ccc5c(c4)-c4ccccc4C54c5ccccc5-c5cccc(N6c7ccccc7B7c8ccccc8N(c8cccc9c8C8(c%10ccccc%10-c%10ccccc%108)c8ccccc8-9)c8cccc6c87)c54)ccc3N(c3cccc4c3C3(c5ccccc5-c5ccccc53)c3ccccc3-4)c3cccc(c31)N2c1cccc2c1C1(c3ccccc3-c3ccccc31)c1ccccc1-2. The highest BCUT2D eigenvalue weighted by Gasteiger charge is 2.61. The number of rotatable bonds is 7. The summed E-state index contributed by atoms with van der Waals surface area (Å²) in [5.74, 6) is 0. The fourth-order valence-corrected chi connectivity index (χ4v) is 31.8. The lowest BCUT2D eigenvalue weighted by Crippen LogP contribution is -2.62. The molecule has 0 radical (unpaired) electrons. The summed E-state index contributed by atoms with van der Waals surface area (Å²) in [7, 11) is 0. The normalized spacial score (nSPS) is 16.0. The third-order valence-electron chi connectivity index (χ3n) is 37.2. The Bertz CT molecular complexity index is 9680. The second kappa shape index (κ2) is 29.4. The minimum Gasteiger partial charge on any atom is -0.311 e. The van der Waals surface area contributed by atoms with E-state index in [0.29, 0.717) is 0 Å². The van der Waals surface area contributed by atoms with Gasteiger partial charge in [-0.2, -0.15) is 0 Å². The molecule has 1 unspecified atom stereocenters. The van der Waals surface area contributed by atoms with E-state index in [4.69, 9.17) is 0 Å². The quantitative estimate of drug-likeness (QED) is 0.147. The summed E-state index contributed by atoms with van der Waals surface area (Å²) in [5.41, 5.74) is 64.4. The zero-order chi connectivity index (χ0) is 98.6. The van der Waals surface area contributed by atoms with Gasteiger partial charge in [0.1, 0.15) is 0 Å². The Balaban J connectivity index is 0.555. The highest BCUT2D eigenvalue weighted by atomic mass is 15.2. The van der Waals surface area contributed by atoms with Gasteiger partial charge in [0.2, 0.25) is 0 Å². The summed E-state index contributed by atoms with van der Waals surface area (Å²) < 4.78 is 0. The van der Waals surface area contributed by atoms with Crippen LogP contribution in [0.15, 0.2) is 479 Å². The Morgan fingerprint density at radius 3 is 0.687 bits per heavy atom. The molecule has 150 heavy (non-hydrogen) atoms. The van der Waals surface area contributed by atoms with Gasteiger partial charge >= 0.3 is 0 Å². The molecule has 0 bridgehead atoms. The van der Waals surface area contributed by atoms with Crippen molar-refractivity contribution in [3.63, 3.8) is 0 Å². The van der Waals surface area contributed by atoms with Crippen molar-refractivity contribution in [1.29, 1.82) is 0 Å². The van der Waals surface area contributed by atoms with E-state index in [1.807, 2.05) is 0 Å². The molecule has 8 aliphatic carbocycles. The largest absolute Gasteiger partial charge is 0.311 e. The number of hydrogen-bond donors (Lipinski definition) is 0. The van der Waals surface area contributed by atoms with Crippen molar-refractivity contribution < 1.29 is 0 Å². The van der Waals surface area contributed by atoms with Crippen LogP contribution in [0.5, 0.6) is 0 Å². The first kappa shape index (κ1) is 83.4. The van der Waals surface area contributed by atoms with Crippen LogP contribution in [-0.2, 0) is 38.9 Å². The van der Waals surface area contributed by atoms with Crippen molar-refractivity contribution >= 4 is 114 Å². The maximum absolute atomic E-state index is 2.75. The summed E-state index contributed by atoms with van der Waals surface area (Å²) in [6.07, 6.45) is 0.772. The molecule has 4 aliphatic heterocycles. The lowest BCUT2D eigenvalue weighted by molar-refractivity contribution is 0.523. The summed E-state index contributed by atoms with van der Waals surface area (Å²) in [6.45, 7) is 12.0. The van der Waals surface area contributed by atoms with E-state index in [1.54, 1.807) is 0 Å². The van der Waals surface area contributed by atoms with Gasteiger partial charge in [0.15, 0.2) is 0 Å². The van der Waals surface area contributed by atoms with Gasteiger partial charge in [0.25, 0.3) is 13.4 Å². The van der Waals surface area contributed by atoms with Crippen LogP contribution in [0.4, 0.5) is 68.2 Å². The minimum absolute atomic E-state index is 0.0795. The van der Waals surface area contributed by atoms with E-state index in [9.17, 15) is 0 Å². The molecule has 22 aromatic carbocycles. The van der Waals surface area contributed by atoms with Gasteiger partial charge in [-0.05, 0) is 295 Å². The molecule has 0 saturated heterocycles. The predicted molar refractivity (Wildman–Crippen MR) is 622 cm³/mol. The minimum atomic E-state index is -0.728. The molecular formula is C144H96B2N4. The van der Waals surface area contributed by atoms with Crippen LogP contribution in [0.25, 0.3) is 89.0 Å². The van der Waals surface area contributed by atoms with Crippen molar-refractivity contribution in [3.8, 4) is 89.0 Å². The Labute approximate surface area is 875 Å². The Morgan fingerprint density at radius 1 is 0.173 bits per heavy atom. The first-order chi connectivity index (χ1) is 73.9. The van der Waals surface area contributed by atoms with Crippen LogP contribution < -0.4 is 52.4 Å². The fraction of sp³-hybridized carbons (Fsp3) is 0.0833. The average Bonchev–Trinajstić information content (AvgIpc) is 1.50. The molecule has 12 aliphatic rings. The summed E-state index contributed by atoms with van der Waals surface area (Å²) in [5, 5.41) is 0. The Morgan fingerprint density at radius 2 is 0.387 bits per heavy atom. The van der Waals surface area contributed by atoms with Gasteiger partial charge < -0.3 is 19.6 Å². The van der Waals surface area contributed by atoms with E-state index in [2.05, 4.69) is 533 Å². The van der Waals surface area contributed by atoms with Gasteiger partial charge in [-0.3, -0.25) is 0 Å². The van der Waals surface area contributed by atoms with E-state index in [1.165, 1.54) is 296 Å². The molecule has 4 heterocycles. The molecule has 4 spiro atoms. The second-order valence-corrected chi connectivity index (χ2v) is 45.3. The van der Waals surface area contributed by atoms with Crippen molar-refractivity contribution in [3.05, 3.63) is 585 Å². The Kier molecular flexibility index (Phi) is 16.3. The second-order valence-electron chi connectivity index (χ2n) is 45.3. The summed E-state index contributed by atoms with van der Waals surface area (Å²) >= 11 is 0. The number of para-hydroxylation sites is 2. The van der Waals surface area contributed by atoms with Gasteiger partial charge in [-0.15, -0.1) is 0 Å². The standard InChI is InChI=1S/C144H96B2N4/c1-139(2,3)87-77-80-123-119(83-87)146-120-84-88(78-81-124(120)150(128-71-35-51-102-97-46-14-25-61-113(97)143(135(102)128)109-57-21-10-42-93(109)94-43-11-22-58-110(94)143)132-75-37-74-131(138(132)146)149(123)127-70-34-50-101-96-45-13-24-60-112(96)142(134(101)127)107-55-19-8-40-91(107)92-41-9-20-56-108(92)142)140(4,5)85-86-76-79-116-104(82-86)99-48-16-27-63-115(99)144(116)114-62-26-15-47-98(114)103-52-33-69-126(136(103)144)148-122-67-31-29-65-118(122)145-117-64-28-30-66-121(117)147(129-72-36-73-130(148)137(129)145)125-68-32-49-100-95-44-12-23-59-111(95)141(133(100)125)105-53-17-6-38-89(105)90-39-7-18-54-106(90)141/h6-84H,85H2,1-5H3. The smallest absolute Gasteiger partial charge is 0.252 e. The van der Waals surface area contributed by atoms with E-state index in [0.717, 1.165) is 6.42 Å². The Hall–Kier alpha value is -17.8. The number of fused-ring (bicyclic) bond motifs is 48. The third kappa shape index (κ3) is 10.0. The maximum Gasteiger partial charge on any atom is 0.252 e. The molecule has 0 fully saturated rings. The number of hydrogen-bond acceptors (Lipinski definition) is 4. The fourth-order valence-electron chi connectivity index (χ4n) is 31.8. The molecule has 1 atom stereocenters. The van der Waals surface area contributed by atoms with Gasteiger partial charge in [0, 0.05) is 67.8 Å². The van der Waals surface area contributed by atoms with E-state index < -0.39 is 27.1 Å². The van der Waals surface area contributed by atoms with Crippen LogP contribution >= 0.6 is 0 Å². The molecule has 0 saturated carbocycles. The first-order valence-electron chi connectivity index (χ1n) is 53.6. The van der Waals surface area contributed by atoms with E-state index >= 15 is 0 Å². The molecule has 4 nitrogen and oxygen atoms in total. The highest BCUT2D eigenvalue weighted by molar-refractivity contribution is 7.01. The zero-order valence-electron chi connectivity index (χ0n) is 83.8. The first-order valence-corrected chi connectivity index (χ1v) is 53.6.